The van der Waals surface area contributed by atoms with Crippen LogP contribution in [0.5, 0.6) is 0 Å². The van der Waals surface area contributed by atoms with Crippen LogP contribution in [0.4, 0.5) is 11.9 Å². The molecule has 128 valence electrons. The van der Waals surface area contributed by atoms with Crippen LogP contribution in [-0.4, -0.2) is 33.5 Å². The molecule has 0 saturated carbocycles. The number of ether oxygens (including phenoxy) is 1. The van der Waals surface area contributed by atoms with Crippen LogP contribution in [0, 0.1) is 0 Å². The van der Waals surface area contributed by atoms with Crippen molar-refractivity contribution < 1.29 is 9.53 Å². The summed E-state index contributed by atoms with van der Waals surface area (Å²) in [5.41, 5.74) is 14.3. The van der Waals surface area contributed by atoms with E-state index >= 15 is 0 Å². The molecule has 1 aromatic carbocycles. The smallest absolute Gasteiger partial charge is 0.292 e. The molecule has 0 bridgehead atoms. The van der Waals surface area contributed by atoms with Gasteiger partial charge in [0.25, 0.3) is 6.47 Å². The average Bonchev–Trinajstić information content (AvgIpc) is 2.63. The van der Waals surface area contributed by atoms with E-state index in [2.05, 4.69) is 24.7 Å². The van der Waals surface area contributed by atoms with Gasteiger partial charge in [-0.2, -0.15) is 0 Å². The number of nitrogen functional groups attached to an aromatic ring is 2. The molecule has 0 fully saturated rings. The lowest BCUT2D eigenvalue weighted by molar-refractivity contribution is -0.126. The molecule has 25 heavy (non-hydrogen) atoms. The number of hydrogen-bond donors (Lipinski definition) is 2. The van der Waals surface area contributed by atoms with Crippen LogP contribution in [0.25, 0.3) is 22.3 Å². The van der Waals surface area contributed by atoms with Crippen LogP contribution >= 0.6 is 11.6 Å². The Morgan fingerprint density at radius 2 is 1.40 bits per heavy atom. The van der Waals surface area contributed by atoms with E-state index in [-0.39, 0.29) is 11.9 Å². The third-order valence-corrected chi connectivity index (χ3v) is 3.37. The van der Waals surface area contributed by atoms with Gasteiger partial charge >= 0.3 is 0 Å². The zero-order valence-corrected chi connectivity index (χ0v) is 14.0. The van der Waals surface area contributed by atoms with Gasteiger partial charge in [0, 0.05) is 46.5 Å². The Morgan fingerprint density at radius 1 is 0.920 bits per heavy atom. The van der Waals surface area contributed by atoms with E-state index in [0.29, 0.717) is 11.5 Å². The lowest BCUT2D eigenvalue weighted by atomic mass is 10.0. The zero-order chi connectivity index (χ0) is 18.2. The summed E-state index contributed by atoms with van der Waals surface area (Å²) in [7, 11) is 1.31. The first kappa shape index (κ1) is 18.1. The summed E-state index contributed by atoms with van der Waals surface area (Å²) in [6.45, 7) is 0.375. The minimum atomic E-state index is 0.227. The SMILES string of the molecule is COC=O.Nc1ncc(-c2ccc(-c3cnc(N)nc3)c(Cl)c2)cn1. The molecule has 2 aromatic heterocycles. The maximum atomic E-state index is 8.95. The molecule has 0 aliphatic rings. The molecular weight excluding hydrogens is 344 g/mol. The number of nitrogens with zero attached hydrogens (tertiary/aromatic N) is 4. The van der Waals surface area contributed by atoms with E-state index < -0.39 is 0 Å². The van der Waals surface area contributed by atoms with Gasteiger partial charge in [-0.3, -0.25) is 4.79 Å². The lowest BCUT2D eigenvalue weighted by Gasteiger charge is -2.07. The molecule has 0 unspecified atom stereocenters. The second kappa shape index (κ2) is 8.55. The largest absolute Gasteiger partial charge is 0.471 e. The molecule has 3 rings (SSSR count). The van der Waals surface area contributed by atoms with E-state index in [1.54, 1.807) is 24.8 Å². The van der Waals surface area contributed by atoms with Crippen LogP contribution in [0.15, 0.2) is 43.0 Å². The van der Waals surface area contributed by atoms with Crippen molar-refractivity contribution in [3.8, 4) is 22.3 Å². The molecule has 8 nitrogen and oxygen atoms in total. The van der Waals surface area contributed by atoms with Gasteiger partial charge in [0.1, 0.15) is 0 Å². The van der Waals surface area contributed by atoms with Gasteiger partial charge in [0.2, 0.25) is 11.9 Å². The van der Waals surface area contributed by atoms with Crippen LogP contribution in [0.2, 0.25) is 5.02 Å². The summed E-state index contributed by atoms with van der Waals surface area (Å²) in [6.07, 6.45) is 6.57. The number of hydrogen-bond acceptors (Lipinski definition) is 8. The second-order valence-electron chi connectivity index (χ2n) is 4.69. The summed E-state index contributed by atoms with van der Waals surface area (Å²) in [5.74, 6) is 0.464. The molecule has 0 atom stereocenters. The number of carbonyl (C=O) groups is 1. The minimum Gasteiger partial charge on any atom is -0.471 e. The van der Waals surface area contributed by atoms with Gasteiger partial charge in [0.05, 0.1) is 7.11 Å². The van der Waals surface area contributed by atoms with Gasteiger partial charge in [-0.15, -0.1) is 0 Å². The monoisotopic (exact) mass is 358 g/mol. The van der Waals surface area contributed by atoms with Crippen LogP contribution in [0.3, 0.4) is 0 Å². The van der Waals surface area contributed by atoms with Crippen LogP contribution < -0.4 is 11.5 Å². The highest BCUT2D eigenvalue weighted by atomic mass is 35.5. The summed E-state index contributed by atoms with van der Waals surface area (Å²) in [6, 6.07) is 5.65. The third kappa shape index (κ3) is 4.85. The number of methoxy groups -OCH3 is 1. The number of anilines is 2. The Kier molecular flexibility index (Phi) is 6.19. The highest BCUT2D eigenvalue weighted by Gasteiger charge is 2.07. The number of carbonyl (C=O) groups excluding carboxylic acids is 1. The van der Waals surface area contributed by atoms with Crippen molar-refractivity contribution in [2.24, 2.45) is 0 Å². The third-order valence-electron chi connectivity index (χ3n) is 3.05. The molecule has 4 N–H and O–H groups in total. The van der Waals surface area contributed by atoms with E-state index in [0.717, 1.165) is 22.3 Å². The first-order valence-electron chi connectivity index (χ1n) is 6.97. The minimum absolute atomic E-state index is 0.227. The number of aromatic nitrogens is 4. The van der Waals surface area contributed by atoms with Crippen molar-refractivity contribution in [1.29, 1.82) is 0 Å². The molecule has 0 amide bonds. The van der Waals surface area contributed by atoms with Crippen molar-refractivity contribution in [3.63, 3.8) is 0 Å². The maximum Gasteiger partial charge on any atom is 0.292 e. The molecule has 3 aromatic rings. The number of halogens is 1. The van der Waals surface area contributed by atoms with E-state index in [4.69, 9.17) is 27.9 Å². The maximum absolute atomic E-state index is 8.95. The van der Waals surface area contributed by atoms with E-state index in [1.165, 1.54) is 7.11 Å². The highest BCUT2D eigenvalue weighted by molar-refractivity contribution is 6.33. The topological polar surface area (TPSA) is 130 Å². The van der Waals surface area contributed by atoms with Crippen molar-refractivity contribution in [2.45, 2.75) is 0 Å². The molecule has 2 heterocycles. The molecule has 0 saturated heterocycles. The summed E-state index contributed by atoms with van der Waals surface area (Å²) < 4.78 is 3.86. The standard InChI is InChI=1S/C14H11ClN6.C2H4O2/c15-12-3-8(9-4-18-13(16)19-5-9)1-2-11(12)10-6-20-14(17)21-7-10;1-4-2-3/h1-7H,(H2,16,18,19)(H2,17,20,21);2H,1H3. The van der Waals surface area contributed by atoms with Gasteiger partial charge in [-0.1, -0.05) is 23.7 Å². The second-order valence-corrected chi connectivity index (χ2v) is 5.09. The van der Waals surface area contributed by atoms with Gasteiger partial charge in [-0.05, 0) is 11.6 Å². The lowest BCUT2D eigenvalue weighted by Crippen LogP contribution is -1.94. The van der Waals surface area contributed by atoms with Crippen molar-refractivity contribution in [2.75, 3.05) is 18.6 Å². The normalized spacial score (nSPS) is 9.68. The zero-order valence-electron chi connectivity index (χ0n) is 13.3. The first-order chi connectivity index (χ1) is 12.0. The summed E-state index contributed by atoms with van der Waals surface area (Å²) in [4.78, 5) is 24.8. The fourth-order valence-corrected chi connectivity index (χ4v) is 2.18. The summed E-state index contributed by atoms with van der Waals surface area (Å²) >= 11 is 6.33. The van der Waals surface area contributed by atoms with Gasteiger partial charge in [-0.25, -0.2) is 19.9 Å². The quantitative estimate of drug-likeness (QED) is 0.681. The van der Waals surface area contributed by atoms with Gasteiger partial charge < -0.3 is 16.2 Å². The van der Waals surface area contributed by atoms with Crippen molar-refractivity contribution in [3.05, 3.63) is 48.0 Å². The number of nitrogens with two attached hydrogens (primary N) is 2. The van der Waals surface area contributed by atoms with Gasteiger partial charge in [0.15, 0.2) is 0 Å². The highest BCUT2D eigenvalue weighted by Crippen LogP contribution is 2.31. The summed E-state index contributed by atoms with van der Waals surface area (Å²) in [5, 5.41) is 0.581. The molecule has 0 aliphatic heterocycles. The Hall–Kier alpha value is -3.26. The number of rotatable bonds is 3. The Bertz CT molecular complexity index is 840. The molecule has 9 heteroatoms. The van der Waals surface area contributed by atoms with Crippen molar-refractivity contribution in [1.82, 2.24) is 19.9 Å². The fraction of sp³-hybridized carbons (Fsp3) is 0.0625. The van der Waals surface area contributed by atoms with E-state index in [1.807, 2.05) is 18.2 Å². The Morgan fingerprint density at radius 3 is 1.84 bits per heavy atom. The average molecular weight is 359 g/mol. The fourth-order valence-electron chi connectivity index (χ4n) is 1.89. The van der Waals surface area contributed by atoms with Crippen LogP contribution in [-0.2, 0) is 9.53 Å². The molecule has 0 aliphatic carbocycles. The van der Waals surface area contributed by atoms with E-state index in [9.17, 15) is 0 Å². The molecule has 0 radical (unpaired) electrons. The molecular formula is C16H15ClN6O2. The predicted molar refractivity (Wildman–Crippen MR) is 95.4 cm³/mol. The Labute approximate surface area is 148 Å². The first-order valence-corrected chi connectivity index (χ1v) is 7.34. The predicted octanol–water partition coefficient (Wildman–Crippen LogP) is 2.21. The molecule has 0 spiro atoms. The van der Waals surface area contributed by atoms with Crippen LogP contribution in [0.1, 0.15) is 0 Å². The Balaban J connectivity index is 0.000000511. The van der Waals surface area contributed by atoms with Crippen molar-refractivity contribution >= 4 is 30.0 Å². The number of benzene rings is 1.